The van der Waals surface area contributed by atoms with Crippen molar-refractivity contribution in [3.05, 3.63) is 0 Å². The fourth-order valence-electron chi connectivity index (χ4n) is 2.60. The van der Waals surface area contributed by atoms with Crippen molar-refractivity contribution in [2.75, 3.05) is 37.7 Å². The number of thioether (sulfide) groups is 1. The topological polar surface area (TPSA) is 70.1 Å². The highest BCUT2D eigenvalue weighted by atomic mass is 32.2. The third kappa shape index (κ3) is 4.02. The van der Waals surface area contributed by atoms with Crippen LogP contribution in [0.25, 0.3) is 0 Å². The number of ether oxygens (including phenoxy) is 1. The van der Waals surface area contributed by atoms with Crippen molar-refractivity contribution in [3.63, 3.8) is 0 Å². The first-order valence-corrected chi connectivity index (χ1v) is 8.20. The highest BCUT2D eigenvalue weighted by Gasteiger charge is 2.30. The van der Waals surface area contributed by atoms with Gasteiger partial charge in [0.05, 0.1) is 6.10 Å². The van der Waals surface area contributed by atoms with Crippen molar-refractivity contribution < 1.29 is 19.4 Å². The van der Waals surface area contributed by atoms with Gasteiger partial charge in [0.15, 0.2) is 0 Å². The van der Waals surface area contributed by atoms with Crippen LogP contribution in [-0.2, 0) is 9.53 Å². The molecule has 0 aromatic rings. The van der Waals surface area contributed by atoms with Crippen LogP contribution < -0.4 is 0 Å². The number of carbonyl (C=O) groups is 2. The van der Waals surface area contributed by atoms with Gasteiger partial charge in [-0.25, -0.2) is 9.59 Å². The summed E-state index contributed by atoms with van der Waals surface area (Å²) in [6.45, 7) is 3.96. The van der Waals surface area contributed by atoms with E-state index >= 15 is 0 Å². The number of carboxylic acid groups (broad SMARTS) is 1. The highest BCUT2D eigenvalue weighted by molar-refractivity contribution is 7.99. The third-order valence-electron chi connectivity index (χ3n) is 3.77. The molecule has 20 heavy (non-hydrogen) atoms. The van der Waals surface area contributed by atoms with Gasteiger partial charge in [-0.15, -0.1) is 0 Å². The molecule has 114 valence electrons. The Morgan fingerprint density at radius 3 is 2.60 bits per heavy atom. The van der Waals surface area contributed by atoms with Gasteiger partial charge in [0, 0.05) is 37.2 Å². The Morgan fingerprint density at radius 1 is 1.30 bits per heavy atom. The number of carboxylic acids is 1. The van der Waals surface area contributed by atoms with E-state index in [0.29, 0.717) is 19.1 Å². The SMILES string of the molecule is CC1CSCCN1C(=O)N1CCC(OCC(=O)O)CC1. The number of nitrogens with zero attached hydrogens (tertiary/aromatic N) is 2. The van der Waals surface area contributed by atoms with Crippen molar-refractivity contribution in [2.45, 2.75) is 31.9 Å². The van der Waals surface area contributed by atoms with Gasteiger partial charge in [-0.3, -0.25) is 0 Å². The first-order chi connectivity index (χ1) is 9.58. The molecule has 2 saturated heterocycles. The molecular formula is C13H22N2O4S. The van der Waals surface area contributed by atoms with Crippen molar-refractivity contribution in [1.82, 2.24) is 9.80 Å². The predicted octanol–water partition coefficient (Wildman–Crippen LogP) is 1.11. The van der Waals surface area contributed by atoms with Crippen LogP contribution in [-0.4, -0.2) is 76.8 Å². The van der Waals surface area contributed by atoms with Gasteiger partial charge in [0.1, 0.15) is 6.61 Å². The summed E-state index contributed by atoms with van der Waals surface area (Å²) in [4.78, 5) is 26.7. The molecule has 0 aliphatic carbocycles. The minimum absolute atomic E-state index is 0.0375. The number of piperidine rings is 1. The largest absolute Gasteiger partial charge is 0.480 e. The van der Waals surface area contributed by atoms with Crippen molar-refractivity contribution in [3.8, 4) is 0 Å². The molecule has 2 aliphatic heterocycles. The second kappa shape index (κ2) is 7.17. The molecular weight excluding hydrogens is 280 g/mol. The summed E-state index contributed by atoms with van der Waals surface area (Å²) in [6, 6.07) is 0.414. The van der Waals surface area contributed by atoms with E-state index in [0.717, 1.165) is 30.9 Å². The minimum atomic E-state index is -0.942. The number of rotatable bonds is 3. The first-order valence-electron chi connectivity index (χ1n) is 7.04. The van der Waals surface area contributed by atoms with E-state index in [9.17, 15) is 9.59 Å². The van der Waals surface area contributed by atoms with Gasteiger partial charge < -0.3 is 19.6 Å². The van der Waals surface area contributed by atoms with Crippen LogP contribution in [0.2, 0.25) is 0 Å². The summed E-state index contributed by atoms with van der Waals surface area (Å²) >= 11 is 1.89. The van der Waals surface area contributed by atoms with E-state index < -0.39 is 5.97 Å². The summed E-state index contributed by atoms with van der Waals surface area (Å²) in [5.74, 6) is 1.07. The van der Waals surface area contributed by atoms with Gasteiger partial charge in [-0.2, -0.15) is 11.8 Å². The van der Waals surface area contributed by atoms with Gasteiger partial charge in [0.2, 0.25) is 0 Å². The van der Waals surface area contributed by atoms with Crippen molar-refractivity contribution >= 4 is 23.8 Å². The van der Waals surface area contributed by atoms with Crippen LogP contribution in [0.4, 0.5) is 4.79 Å². The molecule has 1 N–H and O–H groups in total. The monoisotopic (exact) mass is 302 g/mol. The Morgan fingerprint density at radius 2 is 2.00 bits per heavy atom. The standard InChI is InChI=1S/C13H22N2O4S/c1-10-9-20-7-6-15(10)13(18)14-4-2-11(3-5-14)19-8-12(16)17/h10-11H,2-9H2,1H3,(H,16,17). The normalized spacial score (nSPS) is 24.8. The van der Waals surface area contributed by atoms with Crippen LogP contribution in [0, 0.1) is 0 Å². The molecule has 0 spiro atoms. The molecule has 0 aromatic heterocycles. The van der Waals surface area contributed by atoms with E-state index in [1.165, 1.54) is 0 Å². The lowest BCUT2D eigenvalue weighted by Crippen LogP contribution is -2.53. The second-order valence-corrected chi connectivity index (χ2v) is 6.44. The average molecular weight is 302 g/mol. The maximum Gasteiger partial charge on any atom is 0.329 e. The number of hydrogen-bond acceptors (Lipinski definition) is 4. The molecule has 2 amide bonds. The van der Waals surface area contributed by atoms with Crippen LogP contribution in [0.5, 0.6) is 0 Å². The summed E-state index contributed by atoms with van der Waals surface area (Å²) in [6.07, 6.45) is 1.40. The number of urea groups is 1. The van der Waals surface area contributed by atoms with Gasteiger partial charge in [0.25, 0.3) is 0 Å². The summed E-state index contributed by atoms with van der Waals surface area (Å²) < 4.78 is 5.28. The zero-order valence-electron chi connectivity index (χ0n) is 11.8. The third-order valence-corrected chi connectivity index (χ3v) is 4.96. The van der Waals surface area contributed by atoms with E-state index in [1.54, 1.807) is 0 Å². The molecule has 0 bridgehead atoms. The lowest BCUT2D eigenvalue weighted by Gasteiger charge is -2.39. The van der Waals surface area contributed by atoms with Crippen LogP contribution in [0.1, 0.15) is 19.8 Å². The van der Waals surface area contributed by atoms with Gasteiger partial charge >= 0.3 is 12.0 Å². The van der Waals surface area contributed by atoms with E-state index in [-0.39, 0.29) is 18.7 Å². The molecule has 0 aromatic carbocycles. The molecule has 1 atom stereocenters. The Bertz CT molecular complexity index is 358. The molecule has 2 heterocycles. The maximum atomic E-state index is 12.4. The summed E-state index contributed by atoms with van der Waals surface area (Å²) in [7, 11) is 0. The molecule has 0 saturated carbocycles. The summed E-state index contributed by atoms with van der Waals surface area (Å²) in [5, 5.41) is 8.59. The Balaban J connectivity index is 1.78. The number of aliphatic carboxylic acids is 1. The second-order valence-electron chi connectivity index (χ2n) is 5.29. The quantitative estimate of drug-likeness (QED) is 0.845. The Labute approximate surface area is 123 Å². The van der Waals surface area contributed by atoms with Gasteiger partial charge in [-0.05, 0) is 19.8 Å². The number of amides is 2. The first kappa shape index (κ1) is 15.4. The molecule has 7 heteroatoms. The predicted molar refractivity (Wildman–Crippen MR) is 77.1 cm³/mol. The fraction of sp³-hybridized carbons (Fsp3) is 0.846. The molecule has 2 fully saturated rings. The van der Waals surface area contributed by atoms with Crippen LogP contribution in [0.15, 0.2) is 0 Å². The lowest BCUT2D eigenvalue weighted by atomic mass is 10.1. The molecule has 0 radical (unpaired) electrons. The number of carbonyl (C=O) groups excluding carboxylic acids is 1. The number of hydrogen-bond donors (Lipinski definition) is 1. The lowest BCUT2D eigenvalue weighted by molar-refractivity contribution is -0.145. The smallest absolute Gasteiger partial charge is 0.329 e. The fourth-order valence-corrected chi connectivity index (χ4v) is 3.61. The van der Waals surface area contributed by atoms with Gasteiger partial charge in [-0.1, -0.05) is 0 Å². The van der Waals surface area contributed by atoms with Crippen molar-refractivity contribution in [2.24, 2.45) is 0 Å². The maximum absolute atomic E-state index is 12.4. The Hall–Kier alpha value is -0.950. The Kier molecular flexibility index (Phi) is 5.54. The van der Waals surface area contributed by atoms with E-state index in [2.05, 4.69) is 6.92 Å². The highest BCUT2D eigenvalue weighted by Crippen LogP contribution is 2.20. The zero-order chi connectivity index (χ0) is 14.5. The molecule has 1 unspecified atom stereocenters. The molecule has 2 aliphatic rings. The van der Waals surface area contributed by atoms with Crippen molar-refractivity contribution in [1.29, 1.82) is 0 Å². The molecule has 6 nitrogen and oxygen atoms in total. The zero-order valence-corrected chi connectivity index (χ0v) is 12.6. The minimum Gasteiger partial charge on any atom is -0.480 e. The van der Waals surface area contributed by atoms with E-state index in [4.69, 9.17) is 9.84 Å². The van der Waals surface area contributed by atoms with Crippen LogP contribution >= 0.6 is 11.8 Å². The van der Waals surface area contributed by atoms with Crippen LogP contribution in [0.3, 0.4) is 0 Å². The summed E-state index contributed by atoms with van der Waals surface area (Å²) in [5.41, 5.74) is 0. The molecule has 2 rings (SSSR count). The number of likely N-dealkylation sites (tertiary alicyclic amines) is 1. The average Bonchev–Trinajstić information content (AvgIpc) is 2.45. The van der Waals surface area contributed by atoms with E-state index in [1.807, 2.05) is 21.6 Å².